The monoisotopic (exact) mass is 215 g/mol. The second kappa shape index (κ2) is 4.44. The molecule has 0 aliphatic rings. The first-order valence-corrected chi connectivity index (χ1v) is 4.71. The van der Waals surface area contributed by atoms with Crippen molar-refractivity contribution in [3.63, 3.8) is 0 Å². The molecule has 0 aliphatic carbocycles. The molecule has 80 valence electrons. The van der Waals surface area contributed by atoms with Gasteiger partial charge in [-0.1, -0.05) is 30.3 Å². The highest BCUT2D eigenvalue weighted by Gasteiger charge is 2.04. The Kier molecular flexibility index (Phi) is 2.82. The fraction of sp³-hybridized carbons (Fsp3) is 0. The summed E-state index contributed by atoms with van der Waals surface area (Å²) in [4.78, 5) is 22.5. The van der Waals surface area contributed by atoms with Crippen LogP contribution in [0, 0.1) is 0 Å². The molecule has 0 radical (unpaired) electrons. The molecule has 0 spiro atoms. The Morgan fingerprint density at radius 2 is 2.00 bits per heavy atom. The van der Waals surface area contributed by atoms with Gasteiger partial charge in [-0.05, 0) is 11.6 Å². The van der Waals surface area contributed by atoms with E-state index in [1.165, 1.54) is 18.5 Å². The zero-order valence-corrected chi connectivity index (χ0v) is 8.37. The van der Waals surface area contributed by atoms with Crippen LogP contribution in [0.15, 0.2) is 58.1 Å². The number of oxazole rings is 1. The van der Waals surface area contributed by atoms with E-state index in [0.717, 1.165) is 10.1 Å². The van der Waals surface area contributed by atoms with Gasteiger partial charge in [-0.2, -0.15) is 0 Å². The van der Waals surface area contributed by atoms with E-state index in [0.29, 0.717) is 0 Å². The number of rotatable bonds is 2. The Morgan fingerprint density at radius 1 is 1.25 bits per heavy atom. The largest absolute Gasteiger partial charge is 0.426 e. The van der Waals surface area contributed by atoms with Gasteiger partial charge in [-0.15, -0.1) is 0 Å². The molecule has 0 N–H and O–H groups in total. The zero-order chi connectivity index (χ0) is 11.4. The lowest BCUT2D eigenvalue weighted by Gasteiger charge is -1.92. The van der Waals surface area contributed by atoms with Crippen LogP contribution >= 0.6 is 0 Å². The summed E-state index contributed by atoms with van der Waals surface area (Å²) in [5.41, 5.74) is 0.896. The lowest BCUT2D eigenvalue weighted by molar-refractivity contribution is 0.0962. The number of carbonyl (C=O) groups is 1. The second-order valence-electron chi connectivity index (χ2n) is 3.12. The van der Waals surface area contributed by atoms with Crippen molar-refractivity contribution in [1.82, 2.24) is 4.57 Å². The molecule has 0 amide bonds. The Hall–Kier alpha value is -2.36. The minimum atomic E-state index is -0.678. The second-order valence-corrected chi connectivity index (χ2v) is 3.12. The molecule has 4 nitrogen and oxygen atoms in total. The van der Waals surface area contributed by atoms with Crippen molar-refractivity contribution in [3.05, 3.63) is 65.0 Å². The molecular weight excluding hydrogens is 206 g/mol. The van der Waals surface area contributed by atoms with Crippen molar-refractivity contribution in [1.29, 1.82) is 0 Å². The van der Waals surface area contributed by atoms with E-state index in [-0.39, 0.29) is 0 Å². The molecule has 2 aromatic rings. The number of carbonyl (C=O) groups excluding carboxylic acids is 1. The van der Waals surface area contributed by atoms with Gasteiger partial charge < -0.3 is 4.42 Å². The van der Waals surface area contributed by atoms with E-state index in [2.05, 4.69) is 4.42 Å². The number of aromatic nitrogens is 1. The van der Waals surface area contributed by atoms with Gasteiger partial charge in [-0.25, -0.2) is 9.36 Å². The van der Waals surface area contributed by atoms with Gasteiger partial charge in [0, 0.05) is 6.08 Å². The van der Waals surface area contributed by atoms with Crippen molar-refractivity contribution in [2.45, 2.75) is 0 Å². The average molecular weight is 215 g/mol. The van der Waals surface area contributed by atoms with Gasteiger partial charge in [0.25, 0.3) is 5.91 Å². The fourth-order valence-electron chi connectivity index (χ4n) is 1.24. The van der Waals surface area contributed by atoms with Crippen molar-refractivity contribution >= 4 is 12.0 Å². The van der Waals surface area contributed by atoms with Crippen molar-refractivity contribution in [2.75, 3.05) is 0 Å². The first-order chi connectivity index (χ1) is 7.77. The number of allylic oxidation sites excluding steroid dienone is 1. The summed E-state index contributed by atoms with van der Waals surface area (Å²) < 4.78 is 5.39. The van der Waals surface area contributed by atoms with Crippen LogP contribution in [0.3, 0.4) is 0 Å². The first-order valence-electron chi connectivity index (χ1n) is 4.71. The van der Waals surface area contributed by atoms with Gasteiger partial charge in [0.2, 0.25) is 0 Å². The number of hydrogen-bond acceptors (Lipinski definition) is 3. The highest BCUT2D eigenvalue weighted by Crippen LogP contribution is 2.01. The smallest absolute Gasteiger partial charge is 0.416 e. The Morgan fingerprint density at radius 3 is 2.62 bits per heavy atom. The van der Waals surface area contributed by atoms with Gasteiger partial charge in [-0.3, -0.25) is 4.79 Å². The maximum absolute atomic E-state index is 11.5. The molecule has 1 aromatic heterocycles. The molecule has 0 atom stereocenters. The number of nitrogens with zero attached hydrogens (tertiary/aromatic N) is 1. The molecule has 2 rings (SSSR count). The minimum absolute atomic E-state index is 0.428. The standard InChI is InChI=1S/C12H9NO3/c14-11(13-8-9-16-12(13)15)7-6-10-4-2-1-3-5-10/h1-9H. The molecule has 0 bridgehead atoms. The molecule has 4 heteroatoms. The van der Waals surface area contributed by atoms with Crippen LogP contribution in [-0.4, -0.2) is 10.5 Å². The van der Waals surface area contributed by atoms with Crippen LogP contribution in [0.25, 0.3) is 6.08 Å². The average Bonchev–Trinajstić information content (AvgIpc) is 2.74. The molecular formula is C12H9NO3. The molecule has 0 aliphatic heterocycles. The predicted octanol–water partition coefficient (Wildman–Crippen LogP) is 1.79. The highest BCUT2D eigenvalue weighted by molar-refractivity contribution is 5.93. The fourth-order valence-corrected chi connectivity index (χ4v) is 1.24. The minimum Gasteiger partial charge on any atom is -0.416 e. The van der Waals surface area contributed by atoms with Crippen LogP contribution in [0.5, 0.6) is 0 Å². The summed E-state index contributed by atoms with van der Waals surface area (Å²) in [6.45, 7) is 0. The van der Waals surface area contributed by atoms with Gasteiger partial charge in [0.15, 0.2) is 0 Å². The third-order valence-corrected chi connectivity index (χ3v) is 2.03. The van der Waals surface area contributed by atoms with E-state index in [1.807, 2.05) is 30.3 Å². The van der Waals surface area contributed by atoms with Crippen molar-refractivity contribution in [2.24, 2.45) is 0 Å². The van der Waals surface area contributed by atoms with E-state index < -0.39 is 11.7 Å². The third-order valence-electron chi connectivity index (χ3n) is 2.03. The Balaban J connectivity index is 2.18. The predicted molar refractivity (Wildman–Crippen MR) is 59.1 cm³/mol. The highest BCUT2D eigenvalue weighted by atomic mass is 16.4. The molecule has 0 saturated heterocycles. The van der Waals surface area contributed by atoms with E-state index in [1.54, 1.807) is 6.08 Å². The van der Waals surface area contributed by atoms with Gasteiger partial charge in [0.05, 0.1) is 6.20 Å². The Labute approximate surface area is 91.4 Å². The number of hydrogen-bond donors (Lipinski definition) is 0. The van der Waals surface area contributed by atoms with Gasteiger partial charge in [0.1, 0.15) is 6.26 Å². The quantitative estimate of drug-likeness (QED) is 0.717. The molecule has 0 fully saturated rings. The molecule has 1 aromatic carbocycles. The molecule has 16 heavy (non-hydrogen) atoms. The maximum Gasteiger partial charge on any atom is 0.426 e. The third kappa shape index (κ3) is 2.17. The van der Waals surface area contributed by atoms with Crippen LogP contribution < -0.4 is 5.76 Å². The summed E-state index contributed by atoms with van der Waals surface area (Å²) in [5, 5.41) is 0. The van der Waals surface area contributed by atoms with E-state index in [9.17, 15) is 9.59 Å². The van der Waals surface area contributed by atoms with Crippen molar-refractivity contribution in [3.8, 4) is 0 Å². The maximum atomic E-state index is 11.5. The lowest BCUT2D eigenvalue weighted by atomic mass is 10.2. The molecule has 0 saturated carbocycles. The van der Waals surface area contributed by atoms with E-state index >= 15 is 0 Å². The summed E-state index contributed by atoms with van der Waals surface area (Å²) in [7, 11) is 0. The van der Waals surface area contributed by atoms with Gasteiger partial charge >= 0.3 is 5.76 Å². The number of benzene rings is 1. The van der Waals surface area contributed by atoms with Crippen LogP contribution in [0.1, 0.15) is 10.4 Å². The van der Waals surface area contributed by atoms with E-state index in [4.69, 9.17) is 0 Å². The summed E-state index contributed by atoms with van der Waals surface area (Å²) in [6, 6.07) is 9.35. The topological polar surface area (TPSA) is 52.2 Å². The normalized spacial score (nSPS) is 10.8. The Bertz CT molecular complexity index is 563. The lowest BCUT2D eigenvalue weighted by Crippen LogP contribution is -2.19. The summed E-state index contributed by atoms with van der Waals surface area (Å²) >= 11 is 0. The molecule has 1 heterocycles. The van der Waals surface area contributed by atoms with Crippen LogP contribution in [-0.2, 0) is 0 Å². The van der Waals surface area contributed by atoms with Crippen LogP contribution in [0.2, 0.25) is 0 Å². The SMILES string of the molecule is O=C(C=Cc1ccccc1)n1ccoc1=O. The summed E-state index contributed by atoms with van der Waals surface area (Å²) in [5.74, 6) is -1.11. The molecule has 0 unspecified atom stereocenters. The summed E-state index contributed by atoms with van der Waals surface area (Å²) in [6.07, 6.45) is 5.44. The van der Waals surface area contributed by atoms with Crippen molar-refractivity contribution < 1.29 is 9.21 Å². The van der Waals surface area contributed by atoms with Crippen LogP contribution in [0.4, 0.5) is 0 Å². The zero-order valence-electron chi connectivity index (χ0n) is 8.37. The first kappa shape index (κ1) is 10.2.